The first-order chi connectivity index (χ1) is 15.0. The van der Waals surface area contributed by atoms with Gasteiger partial charge < -0.3 is 20.2 Å². The summed E-state index contributed by atoms with van der Waals surface area (Å²) >= 11 is 0. The van der Waals surface area contributed by atoms with Crippen molar-refractivity contribution >= 4 is 17.6 Å². The van der Waals surface area contributed by atoms with Gasteiger partial charge in [-0.2, -0.15) is 0 Å². The lowest BCUT2D eigenvalue weighted by Crippen LogP contribution is -2.58. The minimum absolute atomic E-state index is 0.458. The number of piperazine rings is 1. The predicted octanol–water partition coefficient (Wildman–Crippen LogP) is 1.17. The third-order valence-corrected chi connectivity index (χ3v) is 5.08. The first-order valence-corrected chi connectivity index (χ1v) is 10.1. The summed E-state index contributed by atoms with van der Waals surface area (Å²) < 4.78 is 0. The Kier molecular flexibility index (Phi) is 7.49. The van der Waals surface area contributed by atoms with Crippen molar-refractivity contribution in [3.8, 4) is 11.8 Å². The molecule has 1 fully saturated rings. The lowest BCUT2D eigenvalue weighted by Gasteiger charge is -2.36. The Labute approximate surface area is 181 Å². The van der Waals surface area contributed by atoms with Crippen LogP contribution in [-0.2, 0) is 4.79 Å². The maximum absolute atomic E-state index is 12.4. The zero-order valence-electron chi connectivity index (χ0n) is 17.3. The molecule has 1 heterocycles. The number of amides is 3. The Morgan fingerprint density at radius 2 is 1.52 bits per heavy atom. The monoisotopic (exact) mass is 422 g/mol. The lowest BCUT2D eigenvalue weighted by atomic mass is 10.1. The van der Waals surface area contributed by atoms with Gasteiger partial charge in [0.05, 0.1) is 6.10 Å². The molecule has 0 spiro atoms. The Balaban J connectivity index is 1.54. The summed E-state index contributed by atoms with van der Waals surface area (Å²) in [5.41, 5.74) is 4.40. The van der Waals surface area contributed by atoms with Crippen LogP contribution < -0.4 is 15.7 Å². The second-order valence-corrected chi connectivity index (χ2v) is 7.28. The van der Waals surface area contributed by atoms with Crippen LogP contribution in [0.3, 0.4) is 0 Å². The molecular weight excluding hydrogens is 396 g/mol. The molecule has 0 bridgehead atoms. The number of hydrogen-bond donors (Lipinski definition) is 4. The van der Waals surface area contributed by atoms with Crippen LogP contribution in [0.15, 0.2) is 54.6 Å². The fourth-order valence-corrected chi connectivity index (χ4v) is 3.29. The molecular formula is C23H26N4O4. The van der Waals surface area contributed by atoms with Gasteiger partial charge in [0.15, 0.2) is 0 Å². The molecule has 31 heavy (non-hydrogen) atoms. The predicted molar refractivity (Wildman–Crippen MR) is 117 cm³/mol. The highest BCUT2D eigenvalue weighted by atomic mass is 16.5. The van der Waals surface area contributed by atoms with Crippen molar-refractivity contribution in [2.24, 2.45) is 0 Å². The molecule has 4 N–H and O–H groups in total. The standard InChI is InChI=1S/C23H26N4O4/c1-17(28)21(22(29)25-31)24-23(30)27-15-13-26(14-16-27)20-11-9-19(10-12-20)8-7-18-5-3-2-4-6-18/h2-6,9-12,17,21,28,31H,13-16H2,1H3,(H,24,30)(H,25,29)/t17-,21+/m1/s1. The summed E-state index contributed by atoms with van der Waals surface area (Å²) in [6.45, 7) is 3.57. The Morgan fingerprint density at radius 3 is 2.06 bits per heavy atom. The minimum Gasteiger partial charge on any atom is -0.391 e. The number of hydrogen-bond acceptors (Lipinski definition) is 5. The van der Waals surface area contributed by atoms with Crippen molar-refractivity contribution in [1.82, 2.24) is 15.7 Å². The van der Waals surface area contributed by atoms with Crippen LogP contribution in [0.25, 0.3) is 0 Å². The maximum atomic E-state index is 12.4. The summed E-state index contributed by atoms with van der Waals surface area (Å²) in [5.74, 6) is 5.43. The van der Waals surface area contributed by atoms with Crippen LogP contribution in [0.1, 0.15) is 18.1 Å². The van der Waals surface area contributed by atoms with Crippen LogP contribution in [0, 0.1) is 11.8 Å². The SMILES string of the molecule is C[C@@H](O)[C@H](NC(=O)N1CCN(c2ccc(C#Cc3ccccc3)cc2)CC1)C(=O)NO. The molecule has 0 aromatic heterocycles. The molecule has 2 atom stereocenters. The number of aliphatic hydroxyl groups is 1. The molecule has 0 radical (unpaired) electrons. The maximum Gasteiger partial charge on any atom is 0.318 e. The third-order valence-electron chi connectivity index (χ3n) is 5.08. The second kappa shape index (κ2) is 10.5. The number of carbonyl (C=O) groups is 2. The quantitative estimate of drug-likeness (QED) is 0.336. The van der Waals surface area contributed by atoms with Crippen molar-refractivity contribution in [2.45, 2.75) is 19.1 Å². The van der Waals surface area contributed by atoms with Gasteiger partial charge in [-0.1, -0.05) is 30.0 Å². The van der Waals surface area contributed by atoms with Gasteiger partial charge in [-0.3, -0.25) is 10.0 Å². The zero-order chi connectivity index (χ0) is 22.2. The number of nitrogens with one attached hydrogen (secondary N) is 2. The normalized spacial score (nSPS) is 15.3. The summed E-state index contributed by atoms with van der Waals surface area (Å²) in [4.78, 5) is 27.8. The number of benzene rings is 2. The van der Waals surface area contributed by atoms with Crippen molar-refractivity contribution in [3.05, 3.63) is 65.7 Å². The number of aliphatic hydroxyl groups excluding tert-OH is 1. The van der Waals surface area contributed by atoms with Crippen LogP contribution >= 0.6 is 0 Å². The molecule has 0 unspecified atom stereocenters. The van der Waals surface area contributed by atoms with Crippen LogP contribution in [0.4, 0.5) is 10.5 Å². The lowest BCUT2D eigenvalue weighted by molar-refractivity contribution is -0.133. The van der Waals surface area contributed by atoms with Gasteiger partial charge in [0.2, 0.25) is 0 Å². The van der Waals surface area contributed by atoms with Gasteiger partial charge in [0.1, 0.15) is 6.04 Å². The molecule has 1 aliphatic heterocycles. The van der Waals surface area contributed by atoms with Gasteiger partial charge in [-0.25, -0.2) is 10.3 Å². The number of nitrogens with zero attached hydrogens (tertiary/aromatic N) is 2. The molecule has 162 valence electrons. The van der Waals surface area contributed by atoms with E-state index in [-0.39, 0.29) is 0 Å². The van der Waals surface area contributed by atoms with E-state index in [0.29, 0.717) is 26.2 Å². The van der Waals surface area contributed by atoms with E-state index in [0.717, 1.165) is 16.8 Å². The summed E-state index contributed by atoms with van der Waals surface area (Å²) in [6, 6.07) is 16.1. The van der Waals surface area contributed by atoms with E-state index in [1.807, 2.05) is 54.6 Å². The smallest absolute Gasteiger partial charge is 0.318 e. The Morgan fingerprint density at radius 1 is 0.935 bits per heavy atom. The van der Waals surface area contributed by atoms with Crippen molar-refractivity contribution in [3.63, 3.8) is 0 Å². The van der Waals surface area contributed by atoms with Crippen molar-refractivity contribution in [1.29, 1.82) is 0 Å². The van der Waals surface area contributed by atoms with E-state index >= 15 is 0 Å². The molecule has 3 rings (SSSR count). The van der Waals surface area contributed by atoms with Crippen molar-refractivity contribution in [2.75, 3.05) is 31.1 Å². The number of hydroxylamine groups is 1. The first kappa shape index (κ1) is 22.2. The van der Waals surface area contributed by atoms with Crippen molar-refractivity contribution < 1.29 is 19.9 Å². The highest BCUT2D eigenvalue weighted by molar-refractivity contribution is 5.87. The van der Waals surface area contributed by atoms with Crippen LogP contribution in [0.5, 0.6) is 0 Å². The molecule has 3 amide bonds. The van der Waals surface area contributed by atoms with E-state index in [2.05, 4.69) is 22.1 Å². The highest BCUT2D eigenvalue weighted by Crippen LogP contribution is 2.17. The van der Waals surface area contributed by atoms with Gasteiger partial charge in [-0.05, 0) is 43.3 Å². The van der Waals surface area contributed by atoms with E-state index in [4.69, 9.17) is 5.21 Å². The number of urea groups is 1. The molecule has 0 aliphatic carbocycles. The average Bonchev–Trinajstić information content (AvgIpc) is 2.81. The van der Waals surface area contributed by atoms with Gasteiger partial charge in [0.25, 0.3) is 5.91 Å². The van der Waals surface area contributed by atoms with E-state index in [9.17, 15) is 14.7 Å². The zero-order valence-corrected chi connectivity index (χ0v) is 17.3. The van der Waals surface area contributed by atoms with Gasteiger partial charge >= 0.3 is 6.03 Å². The van der Waals surface area contributed by atoms with Gasteiger partial charge in [0, 0.05) is 43.0 Å². The number of carbonyl (C=O) groups excluding carboxylic acids is 2. The minimum atomic E-state index is -1.22. The molecule has 1 saturated heterocycles. The number of anilines is 1. The summed E-state index contributed by atoms with van der Waals surface area (Å²) in [5, 5.41) is 20.9. The van der Waals surface area contributed by atoms with Gasteiger partial charge in [-0.15, -0.1) is 0 Å². The molecule has 8 heteroatoms. The van der Waals surface area contributed by atoms with Crippen LogP contribution in [0.2, 0.25) is 0 Å². The molecule has 2 aromatic rings. The van der Waals surface area contributed by atoms with Crippen LogP contribution in [-0.4, -0.2) is 65.5 Å². The summed E-state index contributed by atoms with van der Waals surface area (Å²) in [7, 11) is 0. The topological polar surface area (TPSA) is 105 Å². The van der Waals surface area contributed by atoms with E-state index in [1.165, 1.54) is 12.4 Å². The Bertz CT molecular complexity index is 943. The summed E-state index contributed by atoms with van der Waals surface area (Å²) in [6.07, 6.45) is -1.14. The first-order valence-electron chi connectivity index (χ1n) is 10.1. The molecule has 0 saturated carbocycles. The molecule has 2 aromatic carbocycles. The fourth-order valence-electron chi connectivity index (χ4n) is 3.29. The van der Waals surface area contributed by atoms with E-state index < -0.39 is 24.1 Å². The Hall–Kier alpha value is -3.54. The molecule has 8 nitrogen and oxygen atoms in total. The highest BCUT2D eigenvalue weighted by Gasteiger charge is 2.29. The fraction of sp³-hybridized carbons (Fsp3) is 0.304. The number of rotatable bonds is 4. The molecule has 1 aliphatic rings. The average molecular weight is 422 g/mol. The largest absolute Gasteiger partial charge is 0.391 e. The third kappa shape index (κ3) is 5.98. The second-order valence-electron chi connectivity index (χ2n) is 7.28. The van der Waals surface area contributed by atoms with E-state index in [1.54, 1.807) is 4.90 Å².